The molecule has 20 heavy (non-hydrogen) atoms. The minimum Gasteiger partial charge on any atom is -0.671 e. The fourth-order valence-corrected chi connectivity index (χ4v) is 2.91. The molecule has 0 spiro atoms. The molecule has 5 nitrogen and oxygen atoms in total. The Balaban J connectivity index is 0.00000361. The molecule has 5 atom stereocenters. The molecule has 1 saturated heterocycles. The van der Waals surface area contributed by atoms with Crippen LogP contribution in [0.2, 0.25) is 0 Å². The third-order valence-electron chi connectivity index (χ3n) is 4.14. The summed E-state index contributed by atoms with van der Waals surface area (Å²) in [5, 5.41) is 19.3. The zero-order chi connectivity index (χ0) is 14.8. The molecule has 0 saturated carbocycles. The summed E-state index contributed by atoms with van der Waals surface area (Å²) in [5.74, 6) is 0.125. The monoisotopic (exact) mass is 496 g/mol. The van der Waals surface area contributed by atoms with Gasteiger partial charge in [0.25, 0.3) is 0 Å². The predicted octanol–water partition coefficient (Wildman–Crippen LogP) is 1.00. The maximum absolute atomic E-state index is 11.7. The van der Waals surface area contributed by atoms with Crippen LogP contribution < -0.4 is 0 Å². The van der Waals surface area contributed by atoms with Crippen molar-refractivity contribution in [2.75, 3.05) is 13.7 Å². The summed E-state index contributed by atoms with van der Waals surface area (Å²) in [7, 11) is 1.81. The number of nitrogens with one attached hydrogen (secondary N) is 1. The molecule has 1 aliphatic heterocycles. The number of carbonyl (C=O) groups is 1. The van der Waals surface area contributed by atoms with Crippen molar-refractivity contribution in [2.24, 2.45) is 5.92 Å². The number of nitrogens with zero attached hydrogens (tertiary/aromatic N) is 1. The SMILES string of the molecule is C/C=C\[C@@H]1C[C@H](C(C)=O)N(C)C1C([NH-])C(C)(O)CO.[Ac]. The van der Waals surface area contributed by atoms with Gasteiger partial charge >= 0.3 is 0 Å². The second-order valence-electron chi connectivity index (χ2n) is 5.70. The van der Waals surface area contributed by atoms with Crippen molar-refractivity contribution in [3.63, 3.8) is 0 Å². The van der Waals surface area contributed by atoms with E-state index in [4.69, 9.17) is 5.73 Å². The molecule has 0 aromatic carbocycles. The molecule has 0 amide bonds. The number of likely N-dealkylation sites (tertiary alicyclic amines) is 1. The molecular formula is C14H25AcN2O3-. The molecule has 1 heterocycles. The number of hydrogen-bond donors (Lipinski definition) is 2. The first kappa shape index (κ1) is 20.7. The number of ketones is 1. The molecule has 3 unspecified atom stereocenters. The Morgan fingerprint density at radius 1 is 1.60 bits per heavy atom. The number of Topliss-reactive ketones (excluding diaryl/α,β-unsaturated/α-hetero) is 1. The van der Waals surface area contributed by atoms with Gasteiger partial charge in [-0.05, 0) is 40.2 Å². The van der Waals surface area contributed by atoms with Gasteiger partial charge in [0, 0.05) is 50.1 Å². The number of carbonyl (C=O) groups excluding carboxylic acids is 1. The first-order valence-corrected chi connectivity index (χ1v) is 6.65. The van der Waals surface area contributed by atoms with E-state index >= 15 is 0 Å². The second-order valence-corrected chi connectivity index (χ2v) is 5.70. The van der Waals surface area contributed by atoms with E-state index < -0.39 is 18.2 Å². The molecule has 0 bridgehead atoms. The Morgan fingerprint density at radius 2 is 2.15 bits per heavy atom. The van der Waals surface area contributed by atoms with E-state index in [-0.39, 0.29) is 67.8 Å². The summed E-state index contributed by atoms with van der Waals surface area (Å²) in [6, 6.07) is -1.35. The average Bonchev–Trinajstić information content (AvgIpc) is 2.66. The largest absolute Gasteiger partial charge is 0.671 e. The summed E-state index contributed by atoms with van der Waals surface area (Å²) in [4.78, 5) is 13.5. The Hall–Kier alpha value is 0.692. The molecular weight excluding hydrogens is 471 g/mol. The van der Waals surface area contributed by atoms with E-state index in [1.165, 1.54) is 6.92 Å². The average molecular weight is 496 g/mol. The molecule has 1 rings (SSSR count). The zero-order valence-electron chi connectivity index (χ0n) is 12.7. The topological polar surface area (TPSA) is 84.6 Å². The Kier molecular flexibility index (Phi) is 8.65. The van der Waals surface area contributed by atoms with Crippen molar-refractivity contribution >= 4 is 5.78 Å². The van der Waals surface area contributed by atoms with Gasteiger partial charge in [-0.3, -0.25) is 9.69 Å². The van der Waals surface area contributed by atoms with E-state index in [0.29, 0.717) is 6.42 Å². The molecule has 6 heteroatoms. The molecule has 0 aliphatic carbocycles. The van der Waals surface area contributed by atoms with Gasteiger partial charge in [-0.15, -0.1) is 0 Å². The fraction of sp³-hybridized carbons (Fsp3) is 0.786. The van der Waals surface area contributed by atoms with Crippen LogP contribution in [0.4, 0.5) is 0 Å². The molecule has 0 aromatic heterocycles. The minimum atomic E-state index is -1.47. The molecule has 3 N–H and O–H groups in total. The van der Waals surface area contributed by atoms with Crippen LogP contribution in [0.1, 0.15) is 27.2 Å². The molecule has 1 radical (unpaired) electrons. The third kappa shape index (κ3) is 4.35. The van der Waals surface area contributed by atoms with Crippen molar-refractivity contribution in [1.29, 1.82) is 0 Å². The van der Waals surface area contributed by atoms with Gasteiger partial charge in [0.2, 0.25) is 0 Å². The number of likely N-dealkylation sites (N-methyl/N-ethyl adjacent to an activating group) is 1. The number of aliphatic hydroxyl groups is 2. The van der Waals surface area contributed by atoms with Crippen LogP contribution in [-0.4, -0.2) is 58.3 Å². The van der Waals surface area contributed by atoms with Gasteiger partial charge in [-0.1, -0.05) is 18.2 Å². The third-order valence-corrected chi connectivity index (χ3v) is 4.14. The van der Waals surface area contributed by atoms with Crippen LogP contribution in [0.3, 0.4) is 0 Å². The van der Waals surface area contributed by atoms with Crippen LogP contribution in [0, 0.1) is 50.0 Å². The quantitative estimate of drug-likeness (QED) is 0.557. The van der Waals surface area contributed by atoms with E-state index in [0.717, 1.165) is 0 Å². The maximum Gasteiger partial charge on any atom is 0.146 e. The summed E-state index contributed by atoms with van der Waals surface area (Å²) in [5.41, 5.74) is 6.78. The van der Waals surface area contributed by atoms with Gasteiger partial charge < -0.3 is 15.9 Å². The first-order chi connectivity index (χ1) is 8.76. The number of allylic oxidation sites excluding steroid dienone is 1. The summed E-state index contributed by atoms with van der Waals surface area (Å²) >= 11 is 0. The van der Waals surface area contributed by atoms with Gasteiger partial charge in [0.05, 0.1) is 18.2 Å². The minimum absolute atomic E-state index is 0. The van der Waals surface area contributed by atoms with Crippen molar-refractivity contribution in [2.45, 2.75) is 50.9 Å². The van der Waals surface area contributed by atoms with E-state index in [1.807, 2.05) is 31.0 Å². The Labute approximate surface area is 157 Å². The number of hydrogen-bond acceptors (Lipinski definition) is 4. The van der Waals surface area contributed by atoms with Crippen molar-refractivity contribution < 1.29 is 59.1 Å². The van der Waals surface area contributed by atoms with Crippen molar-refractivity contribution in [3.8, 4) is 0 Å². The molecule has 1 fully saturated rings. The van der Waals surface area contributed by atoms with Crippen molar-refractivity contribution in [3.05, 3.63) is 17.9 Å². The van der Waals surface area contributed by atoms with Crippen LogP contribution in [-0.2, 0) is 4.79 Å². The van der Waals surface area contributed by atoms with Crippen LogP contribution in [0.15, 0.2) is 12.2 Å². The first-order valence-electron chi connectivity index (χ1n) is 6.65. The van der Waals surface area contributed by atoms with Crippen LogP contribution in [0.5, 0.6) is 0 Å². The van der Waals surface area contributed by atoms with E-state index in [2.05, 4.69) is 0 Å². The van der Waals surface area contributed by atoms with Gasteiger partial charge in [-0.2, -0.15) is 0 Å². The van der Waals surface area contributed by atoms with E-state index in [9.17, 15) is 15.0 Å². The number of aliphatic hydroxyl groups excluding tert-OH is 1. The summed E-state index contributed by atoms with van der Waals surface area (Å²) < 4.78 is 0. The van der Waals surface area contributed by atoms with Crippen molar-refractivity contribution in [1.82, 2.24) is 4.90 Å². The van der Waals surface area contributed by atoms with Gasteiger partial charge in [-0.25, -0.2) is 0 Å². The maximum atomic E-state index is 11.7. The second kappa shape index (κ2) is 8.36. The fourth-order valence-electron chi connectivity index (χ4n) is 2.91. The summed E-state index contributed by atoms with van der Waals surface area (Å²) in [6.45, 7) is 4.46. The predicted molar refractivity (Wildman–Crippen MR) is 74.8 cm³/mol. The molecule has 0 aromatic rings. The van der Waals surface area contributed by atoms with Crippen LogP contribution >= 0.6 is 0 Å². The normalized spacial score (nSPS) is 31.9. The van der Waals surface area contributed by atoms with Crippen LogP contribution in [0.25, 0.3) is 5.73 Å². The summed E-state index contributed by atoms with van der Waals surface area (Å²) in [6.07, 6.45) is 4.56. The Bertz CT molecular complexity index is 360. The zero-order valence-corrected chi connectivity index (χ0v) is 17.5. The van der Waals surface area contributed by atoms with Gasteiger partial charge in [0.15, 0.2) is 0 Å². The van der Waals surface area contributed by atoms with Gasteiger partial charge in [0.1, 0.15) is 5.78 Å². The molecule has 113 valence electrons. The molecule has 1 aliphatic rings. The smallest absolute Gasteiger partial charge is 0.146 e. The Morgan fingerprint density at radius 3 is 2.55 bits per heavy atom. The standard InChI is InChI=1S/C14H25N2O3.Ac/c1-5-6-10-7-11(9(2)18)16(4)12(10)13(15)14(3,19)8-17;/h5-6,10-13,15,17,19H,7-8H2,1-4H3;/q-1;/b6-5-;/t10-,11-,12?,13?,14?;/m1./s1. The number of rotatable bonds is 5. The van der Waals surface area contributed by atoms with E-state index in [1.54, 1.807) is 6.92 Å².